The second-order valence-electron chi connectivity index (χ2n) is 8.09. The molecule has 1 aliphatic heterocycles. The number of carbonyl (C=O) groups is 1. The van der Waals surface area contributed by atoms with E-state index in [1.807, 2.05) is 30.3 Å². The van der Waals surface area contributed by atoms with Crippen molar-refractivity contribution in [3.8, 4) is 17.2 Å². The molecule has 1 aliphatic rings. The number of hydrogen-bond acceptors (Lipinski definition) is 7. The number of benzene rings is 4. The lowest BCUT2D eigenvalue weighted by atomic mass is 10.2. The van der Waals surface area contributed by atoms with Gasteiger partial charge in [0.2, 0.25) is 0 Å². The summed E-state index contributed by atoms with van der Waals surface area (Å²) in [6.45, 7) is 0.366. The smallest absolute Gasteiger partial charge is 0.343 e. The van der Waals surface area contributed by atoms with E-state index < -0.39 is 16.0 Å². The van der Waals surface area contributed by atoms with Crippen LogP contribution in [0.4, 0.5) is 5.69 Å². The number of carbonyl (C=O) groups excluding carboxylic acids is 1. The van der Waals surface area contributed by atoms with Crippen LogP contribution in [0.1, 0.15) is 21.5 Å². The summed E-state index contributed by atoms with van der Waals surface area (Å²) in [4.78, 5) is 12.9. The zero-order valence-electron chi connectivity index (χ0n) is 19.7. The number of esters is 1. The Bertz CT molecular complexity index is 1580. The molecule has 5 rings (SSSR count). The van der Waals surface area contributed by atoms with Crippen LogP contribution >= 0.6 is 0 Å². The maximum absolute atomic E-state index is 12.7. The maximum atomic E-state index is 12.7. The molecule has 4 aromatic carbocycles. The predicted octanol–water partition coefficient (Wildman–Crippen LogP) is 5.05. The van der Waals surface area contributed by atoms with E-state index in [4.69, 9.17) is 14.2 Å². The fourth-order valence-corrected chi connectivity index (χ4v) is 4.93. The molecule has 1 heterocycles. The van der Waals surface area contributed by atoms with Gasteiger partial charge >= 0.3 is 5.97 Å². The van der Waals surface area contributed by atoms with E-state index in [0.717, 1.165) is 5.56 Å². The first kappa shape index (κ1) is 24.1. The second-order valence-corrected chi connectivity index (χ2v) is 9.66. The molecule has 0 unspecified atom stereocenters. The molecule has 0 aliphatic carbocycles. The molecule has 8 nitrogen and oxygen atoms in total. The monoisotopic (exact) mass is 514 g/mol. The SMILES string of the molecule is COc1cc(C(=O)Oc2ccc(NC3=NS(=O)(=O)c4ccccc43)cc2)ccc1OCc1ccccc1. The lowest BCUT2D eigenvalue weighted by Gasteiger charge is -2.12. The van der Waals surface area contributed by atoms with Gasteiger partial charge in [0, 0.05) is 11.3 Å². The number of rotatable bonds is 7. The minimum Gasteiger partial charge on any atom is -0.493 e. The van der Waals surface area contributed by atoms with Gasteiger partial charge < -0.3 is 19.5 Å². The fraction of sp³-hybridized carbons (Fsp3) is 0.0714. The average molecular weight is 515 g/mol. The van der Waals surface area contributed by atoms with E-state index in [1.165, 1.54) is 13.2 Å². The van der Waals surface area contributed by atoms with Gasteiger partial charge in [0.1, 0.15) is 17.3 Å². The highest BCUT2D eigenvalue weighted by molar-refractivity contribution is 7.90. The summed E-state index contributed by atoms with van der Waals surface area (Å²) >= 11 is 0. The highest BCUT2D eigenvalue weighted by Gasteiger charge is 2.28. The molecule has 0 aromatic heterocycles. The summed E-state index contributed by atoms with van der Waals surface area (Å²) < 4.78 is 45.0. The molecule has 0 fully saturated rings. The molecule has 0 amide bonds. The number of fused-ring (bicyclic) bond motifs is 1. The van der Waals surface area contributed by atoms with Gasteiger partial charge in [-0.1, -0.05) is 42.5 Å². The van der Waals surface area contributed by atoms with Crippen molar-refractivity contribution in [2.24, 2.45) is 4.40 Å². The lowest BCUT2D eigenvalue weighted by Crippen LogP contribution is -2.11. The first-order valence-electron chi connectivity index (χ1n) is 11.3. The average Bonchev–Trinajstić information content (AvgIpc) is 3.18. The van der Waals surface area contributed by atoms with Gasteiger partial charge in [-0.05, 0) is 60.2 Å². The summed E-state index contributed by atoms with van der Waals surface area (Å²) in [6.07, 6.45) is 0. The zero-order chi connectivity index (χ0) is 25.8. The van der Waals surface area contributed by atoms with Crippen molar-refractivity contribution in [3.63, 3.8) is 0 Å². The Balaban J connectivity index is 1.24. The molecule has 0 saturated carbocycles. The zero-order valence-corrected chi connectivity index (χ0v) is 20.6. The summed E-state index contributed by atoms with van der Waals surface area (Å²) in [6, 6.07) is 27.7. The van der Waals surface area contributed by atoms with Gasteiger partial charge in [-0.25, -0.2) is 4.79 Å². The third kappa shape index (κ3) is 5.31. The third-order valence-corrected chi connectivity index (χ3v) is 6.93. The van der Waals surface area contributed by atoms with E-state index in [2.05, 4.69) is 9.71 Å². The Kier molecular flexibility index (Phi) is 6.61. The van der Waals surface area contributed by atoms with Crippen LogP contribution in [0.15, 0.2) is 106 Å². The Morgan fingerprint density at radius 3 is 2.35 bits per heavy atom. The van der Waals surface area contributed by atoms with Crippen LogP contribution < -0.4 is 19.5 Å². The molecule has 4 aromatic rings. The van der Waals surface area contributed by atoms with Crippen molar-refractivity contribution in [1.29, 1.82) is 0 Å². The topological polar surface area (TPSA) is 103 Å². The van der Waals surface area contributed by atoms with Gasteiger partial charge in [-0.3, -0.25) is 0 Å². The van der Waals surface area contributed by atoms with Gasteiger partial charge in [-0.15, -0.1) is 4.40 Å². The Labute approximate surface area is 214 Å². The van der Waals surface area contributed by atoms with Crippen LogP contribution in [-0.4, -0.2) is 27.3 Å². The van der Waals surface area contributed by atoms with Crippen molar-refractivity contribution in [2.45, 2.75) is 11.5 Å². The Morgan fingerprint density at radius 2 is 1.59 bits per heavy atom. The first-order chi connectivity index (χ1) is 17.9. The number of hydrogen-bond donors (Lipinski definition) is 1. The minimum absolute atomic E-state index is 0.162. The summed E-state index contributed by atoms with van der Waals surface area (Å²) in [5.41, 5.74) is 2.40. The number of methoxy groups -OCH3 is 1. The second kappa shape index (κ2) is 10.2. The Morgan fingerprint density at radius 1 is 0.865 bits per heavy atom. The number of ether oxygens (including phenoxy) is 3. The number of sulfonamides is 1. The van der Waals surface area contributed by atoms with Crippen molar-refractivity contribution in [3.05, 3.63) is 114 Å². The van der Waals surface area contributed by atoms with E-state index in [1.54, 1.807) is 60.7 Å². The van der Waals surface area contributed by atoms with Crippen LogP contribution in [0.2, 0.25) is 0 Å². The molecular formula is C28H22N2O6S. The van der Waals surface area contributed by atoms with Gasteiger partial charge in [0.15, 0.2) is 17.3 Å². The van der Waals surface area contributed by atoms with Crippen molar-refractivity contribution in [1.82, 2.24) is 0 Å². The molecule has 0 bridgehead atoms. The van der Waals surface area contributed by atoms with Crippen LogP contribution in [-0.2, 0) is 16.6 Å². The van der Waals surface area contributed by atoms with E-state index in [-0.39, 0.29) is 10.7 Å². The molecule has 0 saturated heterocycles. The molecule has 9 heteroatoms. The molecule has 0 radical (unpaired) electrons. The Hall–Kier alpha value is -4.63. The number of nitrogens with zero attached hydrogens (tertiary/aromatic N) is 1. The molecule has 186 valence electrons. The quantitative estimate of drug-likeness (QED) is 0.272. The van der Waals surface area contributed by atoms with E-state index in [0.29, 0.717) is 40.7 Å². The van der Waals surface area contributed by atoms with Crippen LogP contribution in [0.25, 0.3) is 0 Å². The summed E-state index contributed by atoms with van der Waals surface area (Å²) in [5.74, 6) is 0.922. The van der Waals surface area contributed by atoms with Gasteiger partial charge in [0.25, 0.3) is 10.0 Å². The highest BCUT2D eigenvalue weighted by Crippen LogP contribution is 2.30. The largest absolute Gasteiger partial charge is 0.493 e. The van der Waals surface area contributed by atoms with Crippen molar-refractivity contribution < 1.29 is 27.4 Å². The van der Waals surface area contributed by atoms with Crippen LogP contribution in [0.3, 0.4) is 0 Å². The lowest BCUT2D eigenvalue weighted by molar-refractivity contribution is 0.0734. The van der Waals surface area contributed by atoms with Gasteiger partial charge in [0.05, 0.1) is 12.7 Å². The maximum Gasteiger partial charge on any atom is 0.343 e. The minimum atomic E-state index is -3.72. The molecule has 0 atom stereocenters. The van der Waals surface area contributed by atoms with Crippen molar-refractivity contribution >= 4 is 27.5 Å². The number of amidine groups is 1. The van der Waals surface area contributed by atoms with E-state index in [9.17, 15) is 13.2 Å². The summed E-state index contributed by atoms with van der Waals surface area (Å²) in [5, 5.41) is 3.01. The van der Waals surface area contributed by atoms with Gasteiger partial charge in [-0.2, -0.15) is 8.42 Å². The first-order valence-corrected chi connectivity index (χ1v) is 12.8. The predicted molar refractivity (Wildman–Crippen MR) is 139 cm³/mol. The molecule has 0 spiro atoms. The third-order valence-electron chi connectivity index (χ3n) is 5.60. The highest BCUT2D eigenvalue weighted by atomic mass is 32.2. The number of anilines is 1. The van der Waals surface area contributed by atoms with E-state index >= 15 is 0 Å². The van der Waals surface area contributed by atoms with Crippen LogP contribution in [0, 0.1) is 0 Å². The number of nitrogens with one attached hydrogen (secondary N) is 1. The fourth-order valence-electron chi connectivity index (χ4n) is 3.75. The normalized spacial score (nSPS) is 13.3. The standard InChI is InChI=1S/C28H22N2O6S/c1-34-25-17-20(11-16-24(25)35-18-19-7-3-2-4-8-19)28(31)36-22-14-12-21(13-15-22)29-27-23-9-5-6-10-26(23)37(32,33)30-27/h2-17H,18H2,1H3,(H,29,30). The van der Waals surface area contributed by atoms with Crippen LogP contribution in [0.5, 0.6) is 17.2 Å². The van der Waals surface area contributed by atoms with Crippen molar-refractivity contribution in [2.75, 3.05) is 12.4 Å². The summed E-state index contributed by atoms with van der Waals surface area (Å²) in [7, 11) is -2.22. The molecular weight excluding hydrogens is 492 g/mol. The molecule has 37 heavy (non-hydrogen) atoms. The molecule has 1 N–H and O–H groups in total.